The van der Waals surface area contributed by atoms with Gasteiger partial charge in [0.1, 0.15) is 11.3 Å². The van der Waals surface area contributed by atoms with E-state index in [2.05, 4.69) is 25.0 Å². The number of nitrogens with zero attached hydrogens (tertiary/aromatic N) is 2. The average molecular weight is 357 g/mol. The summed E-state index contributed by atoms with van der Waals surface area (Å²) >= 11 is 1.05. The van der Waals surface area contributed by atoms with Gasteiger partial charge in [-0.3, -0.25) is 5.32 Å². The van der Waals surface area contributed by atoms with Gasteiger partial charge in [-0.05, 0) is 20.8 Å². The molecule has 0 fully saturated rings. The molecule has 1 amide bonds. The van der Waals surface area contributed by atoms with Crippen molar-refractivity contribution in [2.24, 2.45) is 5.16 Å². The van der Waals surface area contributed by atoms with Gasteiger partial charge in [0.2, 0.25) is 5.71 Å². The van der Waals surface area contributed by atoms with Gasteiger partial charge in [0.15, 0.2) is 5.13 Å². The van der Waals surface area contributed by atoms with Crippen molar-refractivity contribution in [1.82, 2.24) is 4.98 Å². The highest BCUT2D eigenvalue weighted by Gasteiger charge is 2.22. The van der Waals surface area contributed by atoms with Gasteiger partial charge in [-0.1, -0.05) is 12.1 Å². The molecular weight excluding hydrogens is 338 g/mol. The minimum Gasteiger partial charge on any atom is -0.464 e. The molecule has 24 heavy (non-hydrogen) atoms. The van der Waals surface area contributed by atoms with Crippen molar-refractivity contribution in [3.63, 3.8) is 0 Å². The molecule has 0 spiro atoms. The summed E-state index contributed by atoms with van der Waals surface area (Å²) in [5.74, 6) is -1.44. The molecule has 0 radical (unpaired) electrons. The number of carbonyl (C=O) groups excluding carboxylic acids is 3. The SMILES string of the molecule is CCC(=O)ON=C(C(=O)OC)c1csc(NC(=O)OC(C)(C)C)n1. The first-order valence-electron chi connectivity index (χ1n) is 6.98. The Balaban J connectivity index is 2.91. The highest BCUT2D eigenvalue weighted by molar-refractivity contribution is 7.14. The van der Waals surface area contributed by atoms with E-state index in [1.54, 1.807) is 27.7 Å². The van der Waals surface area contributed by atoms with Gasteiger partial charge in [0.25, 0.3) is 0 Å². The lowest BCUT2D eigenvalue weighted by atomic mass is 10.2. The van der Waals surface area contributed by atoms with Crippen LogP contribution in [0.25, 0.3) is 0 Å². The zero-order chi connectivity index (χ0) is 18.3. The maximum absolute atomic E-state index is 11.7. The highest BCUT2D eigenvalue weighted by atomic mass is 32.1. The van der Waals surface area contributed by atoms with Gasteiger partial charge >= 0.3 is 18.0 Å². The quantitative estimate of drug-likeness (QED) is 0.372. The minimum atomic E-state index is -0.826. The molecule has 0 bridgehead atoms. The number of hydrogen-bond donors (Lipinski definition) is 1. The predicted molar refractivity (Wildman–Crippen MR) is 86.9 cm³/mol. The Morgan fingerprint density at radius 2 is 2.00 bits per heavy atom. The molecule has 9 nitrogen and oxygen atoms in total. The van der Waals surface area contributed by atoms with E-state index in [1.165, 1.54) is 5.38 Å². The van der Waals surface area contributed by atoms with E-state index in [-0.39, 0.29) is 23.0 Å². The van der Waals surface area contributed by atoms with Gasteiger partial charge in [0, 0.05) is 11.8 Å². The number of nitrogens with one attached hydrogen (secondary N) is 1. The van der Waals surface area contributed by atoms with E-state index >= 15 is 0 Å². The first kappa shape index (κ1) is 19.6. The van der Waals surface area contributed by atoms with Crippen LogP contribution in [0.2, 0.25) is 0 Å². The molecule has 0 saturated heterocycles. The van der Waals surface area contributed by atoms with Gasteiger partial charge in [-0.2, -0.15) is 0 Å². The molecule has 0 aliphatic rings. The Morgan fingerprint density at radius 3 is 2.54 bits per heavy atom. The Morgan fingerprint density at radius 1 is 1.33 bits per heavy atom. The molecule has 0 aromatic carbocycles. The summed E-state index contributed by atoms with van der Waals surface area (Å²) in [6.07, 6.45) is -0.585. The van der Waals surface area contributed by atoms with Crippen LogP contribution in [-0.2, 0) is 23.9 Å². The third-order valence-electron chi connectivity index (χ3n) is 2.26. The third kappa shape index (κ3) is 6.32. The molecule has 132 valence electrons. The Bertz CT molecular complexity index is 647. The molecule has 0 atom stereocenters. The lowest BCUT2D eigenvalue weighted by Crippen LogP contribution is -2.27. The molecule has 10 heteroatoms. The normalized spacial score (nSPS) is 11.6. The fourth-order valence-electron chi connectivity index (χ4n) is 1.28. The van der Waals surface area contributed by atoms with E-state index in [0.717, 1.165) is 18.4 Å². The number of carbonyl (C=O) groups is 3. The van der Waals surface area contributed by atoms with Crippen LogP contribution in [0.1, 0.15) is 39.8 Å². The number of thiazole rings is 1. The predicted octanol–water partition coefficient (Wildman–Crippen LogP) is 2.32. The number of esters is 1. The lowest BCUT2D eigenvalue weighted by Gasteiger charge is -2.18. The van der Waals surface area contributed by atoms with Crippen molar-refractivity contribution >= 4 is 40.2 Å². The lowest BCUT2D eigenvalue weighted by molar-refractivity contribution is -0.143. The second-order valence-corrected chi connectivity index (χ2v) is 6.27. The summed E-state index contributed by atoms with van der Waals surface area (Å²) in [5.41, 5.74) is -0.841. The van der Waals surface area contributed by atoms with Crippen LogP contribution in [0.3, 0.4) is 0 Å². The number of amides is 1. The Labute approximate surface area is 143 Å². The molecule has 1 heterocycles. The van der Waals surface area contributed by atoms with Crippen LogP contribution in [-0.4, -0.2) is 41.4 Å². The van der Waals surface area contributed by atoms with Crippen molar-refractivity contribution in [2.45, 2.75) is 39.7 Å². The van der Waals surface area contributed by atoms with E-state index in [9.17, 15) is 14.4 Å². The van der Waals surface area contributed by atoms with Gasteiger partial charge in [-0.25, -0.2) is 19.4 Å². The van der Waals surface area contributed by atoms with Crippen LogP contribution >= 0.6 is 11.3 Å². The second kappa shape index (κ2) is 8.39. The number of hydrogen-bond acceptors (Lipinski definition) is 9. The Hall–Kier alpha value is -2.49. The zero-order valence-electron chi connectivity index (χ0n) is 14.0. The molecule has 1 rings (SSSR count). The topological polar surface area (TPSA) is 116 Å². The van der Waals surface area contributed by atoms with Crippen LogP contribution in [0.4, 0.5) is 9.93 Å². The van der Waals surface area contributed by atoms with Gasteiger partial charge in [-0.15, -0.1) is 11.3 Å². The van der Waals surface area contributed by atoms with Crippen LogP contribution < -0.4 is 5.32 Å². The summed E-state index contributed by atoms with van der Waals surface area (Å²) in [7, 11) is 1.16. The molecule has 0 unspecified atom stereocenters. The van der Waals surface area contributed by atoms with Crippen molar-refractivity contribution < 1.29 is 28.7 Å². The monoisotopic (exact) mass is 357 g/mol. The third-order valence-corrected chi connectivity index (χ3v) is 3.02. The molecule has 0 saturated carbocycles. The van der Waals surface area contributed by atoms with E-state index in [0.29, 0.717) is 0 Å². The van der Waals surface area contributed by atoms with E-state index < -0.39 is 23.6 Å². The van der Waals surface area contributed by atoms with Crippen LogP contribution in [0.5, 0.6) is 0 Å². The zero-order valence-corrected chi connectivity index (χ0v) is 14.9. The molecule has 1 aromatic rings. The standard InChI is InChI=1S/C14H19N3O6S/c1-6-9(18)23-17-10(11(19)21-5)8-7-24-12(15-8)16-13(20)22-14(2,3)4/h7H,6H2,1-5H3,(H,15,16,20). The maximum atomic E-state index is 11.7. The fraction of sp³-hybridized carbons (Fsp3) is 0.500. The molecule has 0 aliphatic carbocycles. The number of ether oxygens (including phenoxy) is 2. The Kier molecular flexibility index (Phi) is 6.83. The van der Waals surface area contributed by atoms with Crippen molar-refractivity contribution in [2.75, 3.05) is 12.4 Å². The molecule has 0 aliphatic heterocycles. The summed E-state index contributed by atoms with van der Waals surface area (Å²) in [4.78, 5) is 43.2. The van der Waals surface area contributed by atoms with Crippen LogP contribution in [0.15, 0.2) is 10.5 Å². The first-order valence-corrected chi connectivity index (χ1v) is 7.86. The average Bonchev–Trinajstić information content (AvgIpc) is 2.92. The molecule has 1 N–H and O–H groups in total. The fourth-order valence-corrected chi connectivity index (χ4v) is 1.96. The van der Waals surface area contributed by atoms with Crippen molar-refractivity contribution in [1.29, 1.82) is 0 Å². The summed E-state index contributed by atoms with van der Waals surface area (Å²) in [5, 5.41) is 7.57. The summed E-state index contributed by atoms with van der Waals surface area (Å²) < 4.78 is 9.68. The molecule has 1 aromatic heterocycles. The number of anilines is 1. The van der Waals surface area contributed by atoms with Crippen molar-refractivity contribution in [3.05, 3.63) is 11.1 Å². The smallest absolute Gasteiger partial charge is 0.413 e. The number of methoxy groups -OCH3 is 1. The number of oxime groups is 1. The van der Waals surface area contributed by atoms with Crippen molar-refractivity contribution in [3.8, 4) is 0 Å². The first-order chi connectivity index (χ1) is 11.2. The largest absolute Gasteiger partial charge is 0.464 e. The van der Waals surface area contributed by atoms with E-state index in [4.69, 9.17) is 4.74 Å². The van der Waals surface area contributed by atoms with Gasteiger partial charge < -0.3 is 14.3 Å². The number of aromatic nitrogens is 1. The molecular formula is C14H19N3O6S. The highest BCUT2D eigenvalue weighted by Crippen LogP contribution is 2.18. The maximum Gasteiger partial charge on any atom is 0.413 e. The van der Waals surface area contributed by atoms with Gasteiger partial charge in [0.05, 0.1) is 7.11 Å². The van der Waals surface area contributed by atoms with E-state index in [1.807, 2.05) is 0 Å². The summed E-state index contributed by atoms with van der Waals surface area (Å²) in [6, 6.07) is 0. The second-order valence-electron chi connectivity index (χ2n) is 5.41. The number of rotatable bonds is 5. The minimum absolute atomic E-state index is 0.0977. The summed E-state index contributed by atoms with van der Waals surface area (Å²) in [6.45, 7) is 6.76. The van der Waals surface area contributed by atoms with Crippen LogP contribution in [0, 0.1) is 0 Å².